The molecule has 108 valence electrons. The van der Waals surface area contributed by atoms with E-state index in [0.29, 0.717) is 6.42 Å². The molecular formula is C13H19FO5. The van der Waals surface area contributed by atoms with Crippen molar-refractivity contribution < 1.29 is 29.3 Å². The summed E-state index contributed by atoms with van der Waals surface area (Å²) in [4.78, 5) is 21.3. The van der Waals surface area contributed by atoms with Gasteiger partial charge in [0.05, 0.1) is 5.41 Å². The van der Waals surface area contributed by atoms with Crippen LogP contribution in [0.5, 0.6) is 0 Å². The molecule has 0 aromatic carbocycles. The quantitative estimate of drug-likeness (QED) is 0.730. The van der Waals surface area contributed by atoms with E-state index in [1.165, 1.54) is 25.2 Å². The second-order valence-electron chi connectivity index (χ2n) is 4.48. The van der Waals surface area contributed by atoms with Crippen molar-refractivity contribution in [3.63, 3.8) is 0 Å². The fraction of sp³-hybridized carbons (Fsp3) is 0.538. The van der Waals surface area contributed by atoms with Crippen LogP contribution in [-0.2, 0) is 9.59 Å². The van der Waals surface area contributed by atoms with Crippen LogP contribution < -0.4 is 0 Å². The molecule has 2 atom stereocenters. The van der Waals surface area contributed by atoms with Crippen LogP contribution in [-0.4, -0.2) is 33.6 Å². The Morgan fingerprint density at radius 3 is 2.37 bits per heavy atom. The molecule has 6 heteroatoms. The zero-order valence-electron chi connectivity index (χ0n) is 11.0. The van der Waals surface area contributed by atoms with Crippen molar-refractivity contribution in [3.05, 3.63) is 23.8 Å². The molecule has 0 aromatic rings. The first kappa shape index (κ1) is 17.3. The van der Waals surface area contributed by atoms with E-state index in [0.717, 1.165) is 0 Å². The first-order valence-electron chi connectivity index (χ1n) is 5.90. The van der Waals surface area contributed by atoms with Crippen molar-refractivity contribution >= 4 is 11.9 Å². The molecule has 0 fully saturated rings. The molecule has 0 amide bonds. The second-order valence-corrected chi connectivity index (χ2v) is 4.48. The Morgan fingerprint density at radius 1 is 1.47 bits per heavy atom. The standard InChI is InChI=1S/C9H10O4.C4H9FO/c1-9(8(12)13)4-2-3-6(5-9)7(10)11;1-2-3-4(5)6/h2-4H,5H2,1H3,(H,10,11)(H,12,13);4,6H,2-3H2,1H3. The minimum Gasteiger partial charge on any atom is -0.481 e. The lowest BCUT2D eigenvalue weighted by Crippen LogP contribution is -2.28. The van der Waals surface area contributed by atoms with E-state index >= 15 is 0 Å². The molecule has 2 unspecified atom stereocenters. The number of alkyl halides is 1. The summed E-state index contributed by atoms with van der Waals surface area (Å²) in [6, 6.07) is 0. The summed E-state index contributed by atoms with van der Waals surface area (Å²) in [5.74, 6) is -2.06. The van der Waals surface area contributed by atoms with Gasteiger partial charge in [0, 0.05) is 12.0 Å². The number of carboxylic acids is 2. The third-order valence-corrected chi connectivity index (χ3v) is 2.61. The number of hydrogen-bond acceptors (Lipinski definition) is 3. The summed E-state index contributed by atoms with van der Waals surface area (Å²) in [5, 5.41) is 25.4. The molecule has 1 rings (SSSR count). The predicted molar refractivity (Wildman–Crippen MR) is 67.2 cm³/mol. The van der Waals surface area contributed by atoms with Gasteiger partial charge in [-0.05, 0) is 13.3 Å². The molecule has 3 N–H and O–H groups in total. The molecule has 1 aliphatic carbocycles. The molecule has 5 nitrogen and oxygen atoms in total. The van der Waals surface area contributed by atoms with Crippen molar-refractivity contribution in [1.82, 2.24) is 0 Å². The van der Waals surface area contributed by atoms with Gasteiger partial charge in [0.1, 0.15) is 0 Å². The summed E-state index contributed by atoms with van der Waals surface area (Å²) in [7, 11) is 0. The van der Waals surface area contributed by atoms with E-state index in [-0.39, 0.29) is 18.4 Å². The van der Waals surface area contributed by atoms with E-state index in [1.807, 2.05) is 6.92 Å². The first-order valence-corrected chi connectivity index (χ1v) is 5.90. The van der Waals surface area contributed by atoms with Crippen LogP contribution in [0.25, 0.3) is 0 Å². The van der Waals surface area contributed by atoms with E-state index < -0.39 is 23.7 Å². The normalized spacial score (nSPS) is 22.8. The zero-order valence-corrected chi connectivity index (χ0v) is 11.0. The number of aliphatic hydroxyl groups is 1. The lowest BCUT2D eigenvalue weighted by molar-refractivity contribution is -0.145. The summed E-state index contributed by atoms with van der Waals surface area (Å²) in [6.07, 6.45) is 3.80. The zero-order chi connectivity index (χ0) is 15.1. The van der Waals surface area contributed by atoms with Crippen molar-refractivity contribution in [2.45, 2.75) is 39.5 Å². The van der Waals surface area contributed by atoms with Gasteiger partial charge < -0.3 is 15.3 Å². The Kier molecular flexibility index (Phi) is 7.00. The molecule has 0 aromatic heterocycles. The van der Waals surface area contributed by atoms with Gasteiger partial charge in [0.2, 0.25) is 0 Å². The van der Waals surface area contributed by atoms with Crippen LogP contribution in [0.2, 0.25) is 0 Å². The summed E-state index contributed by atoms with van der Waals surface area (Å²) in [5.41, 5.74) is -0.949. The van der Waals surface area contributed by atoms with Crippen molar-refractivity contribution in [2.24, 2.45) is 5.41 Å². The number of rotatable bonds is 4. The number of hydrogen-bond donors (Lipinski definition) is 3. The van der Waals surface area contributed by atoms with Crippen molar-refractivity contribution in [2.75, 3.05) is 0 Å². The Balaban J connectivity index is 0.000000459. The molecule has 0 spiro atoms. The average molecular weight is 274 g/mol. The minimum absolute atomic E-state index is 0.0359. The summed E-state index contributed by atoms with van der Waals surface area (Å²) < 4.78 is 11.3. The number of carboxylic acid groups (broad SMARTS) is 2. The molecular weight excluding hydrogens is 255 g/mol. The molecule has 0 saturated heterocycles. The number of aliphatic hydroxyl groups excluding tert-OH is 1. The van der Waals surface area contributed by atoms with Crippen LogP contribution in [0.15, 0.2) is 23.8 Å². The van der Waals surface area contributed by atoms with Crippen LogP contribution in [0, 0.1) is 5.41 Å². The van der Waals surface area contributed by atoms with Crippen LogP contribution in [0.1, 0.15) is 33.1 Å². The van der Waals surface area contributed by atoms with Gasteiger partial charge in [-0.2, -0.15) is 0 Å². The number of aliphatic carboxylic acids is 2. The van der Waals surface area contributed by atoms with Crippen molar-refractivity contribution in [3.8, 4) is 0 Å². The molecule has 0 saturated carbocycles. The lowest BCUT2D eigenvalue weighted by atomic mass is 9.80. The number of allylic oxidation sites excluding steroid dienone is 2. The maximum absolute atomic E-state index is 11.3. The number of halogens is 1. The molecule has 0 heterocycles. The highest BCUT2D eigenvalue weighted by molar-refractivity contribution is 5.90. The van der Waals surface area contributed by atoms with E-state index in [2.05, 4.69) is 0 Å². The molecule has 0 radical (unpaired) electrons. The topological polar surface area (TPSA) is 94.8 Å². The maximum atomic E-state index is 11.3. The fourth-order valence-corrected chi connectivity index (χ4v) is 1.42. The van der Waals surface area contributed by atoms with E-state index in [1.54, 1.807) is 0 Å². The molecule has 19 heavy (non-hydrogen) atoms. The van der Waals surface area contributed by atoms with E-state index in [9.17, 15) is 14.0 Å². The SMILES string of the molecule is CC1(C(=O)O)C=CC=C(C(=O)O)C1.CCCC(O)F. The first-order chi connectivity index (χ1) is 8.73. The third kappa shape index (κ3) is 6.15. The van der Waals surface area contributed by atoms with Gasteiger partial charge in [-0.3, -0.25) is 4.79 Å². The van der Waals surface area contributed by atoms with Gasteiger partial charge in [-0.15, -0.1) is 0 Å². The van der Waals surface area contributed by atoms with Gasteiger partial charge >= 0.3 is 11.9 Å². The highest BCUT2D eigenvalue weighted by Gasteiger charge is 2.34. The largest absolute Gasteiger partial charge is 0.481 e. The van der Waals surface area contributed by atoms with Crippen LogP contribution in [0.3, 0.4) is 0 Å². The Labute approximate surface area is 111 Å². The van der Waals surface area contributed by atoms with Gasteiger partial charge in [0.15, 0.2) is 6.36 Å². The molecule has 1 aliphatic rings. The monoisotopic (exact) mass is 274 g/mol. The predicted octanol–water partition coefficient (Wildman–Crippen LogP) is 2.12. The van der Waals surface area contributed by atoms with Crippen LogP contribution >= 0.6 is 0 Å². The molecule has 0 aliphatic heterocycles. The second kappa shape index (κ2) is 7.68. The van der Waals surface area contributed by atoms with Gasteiger partial charge in [0.25, 0.3) is 0 Å². The molecule has 0 bridgehead atoms. The lowest BCUT2D eigenvalue weighted by Gasteiger charge is -2.23. The minimum atomic E-state index is -1.60. The highest BCUT2D eigenvalue weighted by Crippen LogP contribution is 2.31. The van der Waals surface area contributed by atoms with Crippen LogP contribution in [0.4, 0.5) is 4.39 Å². The maximum Gasteiger partial charge on any atom is 0.331 e. The average Bonchev–Trinajstić information content (AvgIpc) is 2.29. The smallest absolute Gasteiger partial charge is 0.331 e. The summed E-state index contributed by atoms with van der Waals surface area (Å²) in [6.45, 7) is 3.32. The Morgan fingerprint density at radius 2 is 2.05 bits per heavy atom. The van der Waals surface area contributed by atoms with Crippen molar-refractivity contribution in [1.29, 1.82) is 0 Å². The third-order valence-electron chi connectivity index (χ3n) is 2.61. The van der Waals surface area contributed by atoms with E-state index in [4.69, 9.17) is 15.3 Å². The summed E-state index contributed by atoms with van der Waals surface area (Å²) >= 11 is 0. The van der Waals surface area contributed by atoms with Gasteiger partial charge in [-0.25, -0.2) is 9.18 Å². The Hall–Kier alpha value is -1.69. The Bertz CT molecular complexity index is 386. The fourth-order valence-electron chi connectivity index (χ4n) is 1.42. The highest BCUT2D eigenvalue weighted by atomic mass is 19.1. The number of carbonyl (C=O) groups is 2. The van der Waals surface area contributed by atoms with Gasteiger partial charge in [-0.1, -0.05) is 31.6 Å².